The van der Waals surface area contributed by atoms with Crippen LogP contribution in [0.1, 0.15) is 44.5 Å². The zero-order valence-electron chi connectivity index (χ0n) is 27.7. The van der Waals surface area contributed by atoms with Gasteiger partial charge in [-0.3, -0.25) is 20.6 Å². The summed E-state index contributed by atoms with van der Waals surface area (Å²) in [5, 5.41) is 15.1. The van der Waals surface area contributed by atoms with Gasteiger partial charge in [0.2, 0.25) is 0 Å². The zero-order chi connectivity index (χ0) is 33.9. The van der Waals surface area contributed by atoms with E-state index in [1.807, 2.05) is 24.3 Å². The molecule has 6 N–H and O–H groups in total. The Bertz CT molecular complexity index is 1670. The van der Waals surface area contributed by atoms with Crippen molar-refractivity contribution in [1.29, 1.82) is 10.8 Å². The molecule has 0 amide bonds. The standard InChI is InChI=1S/C40H44N6O2/c1-45(25-31-5-3-7-33(21-31)27-47-37-17-13-35(14-18-37)39(41)42)23-29-9-11-30(12-10-29)24-46(2)26-32-6-4-8-34(22-32)28-48-38-19-15-36(16-20-38)40(43)44/h3-22H,23-28H2,1-2H3,(H3,41,42)(H3,43,44). The highest BCUT2D eigenvalue weighted by atomic mass is 16.5. The maximum Gasteiger partial charge on any atom is 0.122 e. The van der Waals surface area contributed by atoms with Crippen molar-refractivity contribution in [3.05, 3.63) is 166 Å². The second-order valence-corrected chi connectivity index (χ2v) is 12.3. The third-order valence-corrected chi connectivity index (χ3v) is 7.96. The Kier molecular flexibility index (Phi) is 11.6. The van der Waals surface area contributed by atoms with Gasteiger partial charge in [-0.2, -0.15) is 0 Å². The Labute approximate surface area is 283 Å². The fraction of sp³-hybridized carbons (Fsp3) is 0.200. The highest BCUT2D eigenvalue weighted by Crippen LogP contribution is 2.18. The molecule has 5 aromatic carbocycles. The summed E-state index contributed by atoms with van der Waals surface area (Å²) in [5.41, 5.74) is 19.7. The summed E-state index contributed by atoms with van der Waals surface area (Å²) in [6.07, 6.45) is 0. The van der Waals surface area contributed by atoms with Gasteiger partial charge in [-0.05, 0) is 96.0 Å². The third-order valence-electron chi connectivity index (χ3n) is 7.96. The van der Waals surface area contributed by atoms with E-state index in [1.54, 1.807) is 24.3 Å². The van der Waals surface area contributed by atoms with Gasteiger partial charge in [0.1, 0.15) is 36.4 Å². The largest absolute Gasteiger partial charge is 0.489 e. The molecule has 0 saturated carbocycles. The van der Waals surface area contributed by atoms with Crippen molar-refractivity contribution in [2.24, 2.45) is 11.5 Å². The van der Waals surface area contributed by atoms with E-state index in [-0.39, 0.29) is 11.7 Å². The molecular weight excluding hydrogens is 596 g/mol. The number of benzene rings is 5. The summed E-state index contributed by atoms with van der Waals surface area (Å²) in [6.45, 7) is 4.34. The van der Waals surface area contributed by atoms with Crippen molar-refractivity contribution < 1.29 is 9.47 Å². The number of nitrogens with zero attached hydrogens (tertiary/aromatic N) is 2. The van der Waals surface area contributed by atoms with Gasteiger partial charge in [0, 0.05) is 37.3 Å². The Hall–Kier alpha value is -5.44. The predicted octanol–water partition coefficient (Wildman–Crippen LogP) is 6.68. The average Bonchev–Trinajstić information content (AvgIpc) is 3.08. The fourth-order valence-electron chi connectivity index (χ4n) is 5.54. The molecule has 8 nitrogen and oxygen atoms in total. The van der Waals surface area contributed by atoms with Crippen LogP contribution < -0.4 is 20.9 Å². The lowest BCUT2D eigenvalue weighted by molar-refractivity contribution is 0.303. The topological polar surface area (TPSA) is 125 Å². The van der Waals surface area contributed by atoms with E-state index in [0.717, 1.165) is 48.8 Å². The van der Waals surface area contributed by atoms with Gasteiger partial charge < -0.3 is 20.9 Å². The molecule has 0 heterocycles. The van der Waals surface area contributed by atoms with E-state index >= 15 is 0 Å². The highest BCUT2D eigenvalue weighted by molar-refractivity contribution is 5.95. The normalized spacial score (nSPS) is 11.1. The molecule has 0 fully saturated rings. The molecule has 0 bridgehead atoms. The molecule has 0 aliphatic rings. The molecule has 0 aliphatic carbocycles. The van der Waals surface area contributed by atoms with Crippen LogP contribution >= 0.6 is 0 Å². The molecule has 5 rings (SSSR count). The van der Waals surface area contributed by atoms with Crippen molar-refractivity contribution in [3.63, 3.8) is 0 Å². The van der Waals surface area contributed by atoms with Crippen LogP contribution in [0.5, 0.6) is 11.5 Å². The first-order valence-corrected chi connectivity index (χ1v) is 16.0. The number of nitrogens with two attached hydrogens (primary N) is 2. The molecule has 0 unspecified atom stereocenters. The number of nitrogens with one attached hydrogen (secondary N) is 2. The Morgan fingerprint density at radius 2 is 0.812 bits per heavy atom. The lowest BCUT2D eigenvalue weighted by Gasteiger charge is -2.19. The molecule has 5 aromatic rings. The minimum Gasteiger partial charge on any atom is -0.489 e. The summed E-state index contributed by atoms with van der Waals surface area (Å²) >= 11 is 0. The molecule has 246 valence electrons. The van der Waals surface area contributed by atoms with Gasteiger partial charge in [0.25, 0.3) is 0 Å². The molecule has 0 spiro atoms. The van der Waals surface area contributed by atoms with Crippen LogP contribution in [0.4, 0.5) is 0 Å². The second kappa shape index (κ2) is 16.4. The number of hydrogen-bond acceptors (Lipinski definition) is 6. The van der Waals surface area contributed by atoms with Crippen molar-refractivity contribution >= 4 is 11.7 Å². The predicted molar refractivity (Wildman–Crippen MR) is 193 cm³/mol. The second-order valence-electron chi connectivity index (χ2n) is 12.3. The van der Waals surface area contributed by atoms with Gasteiger partial charge in [0.05, 0.1) is 0 Å². The fourth-order valence-corrected chi connectivity index (χ4v) is 5.54. The zero-order valence-corrected chi connectivity index (χ0v) is 27.7. The molecule has 8 heteroatoms. The summed E-state index contributed by atoms with van der Waals surface area (Å²) in [4.78, 5) is 4.64. The van der Waals surface area contributed by atoms with Crippen molar-refractivity contribution in [3.8, 4) is 11.5 Å². The van der Waals surface area contributed by atoms with Gasteiger partial charge in [0.15, 0.2) is 0 Å². The van der Waals surface area contributed by atoms with Crippen LogP contribution in [0.3, 0.4) is 0 Å². The molecule has 0 radical (unpaired) electrons. The highest BCUT2D eigenvalue weighted by Gasteiger charge is 2.07. The summed E-state index contributed by atoms with van der Waals surface area (Å²) < 4.78 is 11.9. The first-order valence-electron chi connectivity index (χ1n) is 16.0. The quantitative estimate of drug-likeness (QED) is 0.0705. The number of ether oxygens (including phenoxy) is 2. The SMILES string of the molecule is CN(Cc1ccc(CN(C)Cc2cccc(COc3ccc(C(=N)N)cc3)c2)cc1)Cc1cccc(COc2ccc(C(=N)N)cc2)c1. The maximum absolute atomic E-state index is 7.53. The van der Waals surface area contributed by atoms with Crippen molar-refractivity contribution in [2.75, 3.05) is 14.1 Å². The molecule has 48 heavy (non-hydrogen) atoms. The molecule has 0 aliphatic heterocycles. The Morgan fingerprint density at radius 3 is 1.17 bits per heavy atom. The van der Waals surface area contributed by atoms with Gasteiger partial charge in [-0.15, -0.1) is 0 Å². The van der Waals surface area contributed by atoms with Gasteiger partial charge in [-0.25, -0.2) is 0 Å². The van der Waals surface area contributed by atoms with Crippen LogP contribution in [0, 0.1) is 10.8 Å². The van der Waals surface area contributed by atoms with Crippen LogP contribution in [-0.4, -0.2) is 35.6 Å². The van der Waals surface area contributed by atoms with E-state index in [2.05, 4.69) is 96.7 Å². The first kappa shape index (κ1) is 33.9. The van der Waals surface area contributed by atoms with E-state index in [9.17, 15) is 0 Å². The lowest BCUT2D eigenvalue weighted by Crippen LogP contribution is -2.18. The summed E-state index contributed by atoms with van der Waals surface area (Å²) in [5.74, 6) is 1.61. The molecular formula is C40H44N6O2. The Balaban J connectivity index is 1.06. The van der Waals surface area contributed by atoms with Crippen LogP contribution in [-0.2, 0) is 39.4 Å². The monoisotopic (exact) mass is 640 g/mol. The number of amidine groups is 2. The minimum absolute atomic E-state index is 0.0512. The van der Waals surface area contributed by atoms with E-state index < -0.39 is 0 Å². The molecule has 0 saturated heterocycles. The summed E-state index contributed by atoms with van der Waals surface area (Å²) in [7, 11) is 4.29. The third kappa shape index (κ3) is 10.3. The molecule has 0 aromatic heterocycles. The van der Waals surface area contributed by atoms with Gasteiger partial charge >= 0.3 is 0 Å². The van der Waals surface area contributed by atoms with Crippen LogP contribution in [0.25, 0.3) is 0 Å². The molecule has 0 atom stereocenters. The van der Waals surface area contributed by atoms with Crippen molar-refractivity contribution in [1.82, 2.24) is 9.80 Å². The number of nitrogen functional groups attached to an aromatic ring is 2. The minimum atomic E-state index is 0.0512. The van der Waals surface area contributed by atoms with Crippen LogP contribution in [0.15, 0.2) is 121 Å². The lowest BCUT2D eigenvalue weighted by atomic mass is 10.1. The average molecular weight is 641 g/mol. The smallest absolute Gasteiger partial charge is 0.122 e. The van der Waals surface area contributed by atoms with E-state index in [4.69, 9.17) is 31.8 Å². The maximum atomic E-state index is 7.53. The number of rotatable bonds is 16. The number of hydrogen-bond donors (Lipinski definition) is 4. The first-order chi connectivity index (χ1) is 23.2. The van der Waals surface area contributed by atoms with Crippen LogP contribution in [0.2, 0.25) is 0 Å². The summed E-state index contributed by atoms with van der Waals surface area (Å²) in [6, 6.07) is 40.5. The van der Waals surface area contributed by atoms with Crippen molar-refractivity contribution in [2.45, 2.75) is 39.4 Å². The van der Waals surface area contributed by atoms with E-state index in [1.165, 1.54) is 22.3 Å². The van der Waals surface area contributed by atoms with E-state index in [0.29, 0.717) is 24.3 Å². The Morgan fingerprint density at radius 1 is 0.479 bits per heavy atom. The van der Waals surface area contributed by atoms with Gasteiger partial charge in [-0.1, -0.05) is 72.8 Å².